The maximum absolute atomic E-state index is 12.6. The predicted octanol–water partition coefficient (Wildman–Crippen LogP) is 5.00. The molecule has 8 heteroatoms. The van der Waals surface area contributed by atoms with Gasteiger partial charge in [-0.3, -0.25) is 4.79 Å². The molecule has 0 unspecified atom stereocenters. The summed E-state index contributed by atoms with van der Waals surface area (Å²) in [6, 6.07) is 15.2. The second kappa shape index (κ2) is 7.78. The molecule has 5 rings (SSSR count). The summed E-state index contributed by atoms with van der Waals surface area (Å²) in [6.45, 7) is 0.104. The third kappa shape index (κ3) is 3.68. The van der Waals surface area contributed by atoms with Crippen LogP contribution in [-0.4, -0.2) is 27.2 Å². The molecule has 0 amide bonds. The lowest BCUT2D eigenvalue weighted by molar-refractivity contribution is -0.115. The summed E-state index contributed by atoms with van der Waals surface area (Å²) in [4.78, 5) is 17.1. The SMILES string of the molecule is O=C1Cn2nc(-c3ccccc3)nc2NC(COc2cccc(Cl)c2C2CC2)=C1Cl. The van der Waals surface area contributed by atoms with E-state index in [0.717, 1.165) is 24.0 Å². The Bertz CT molecular complexity index is 1150. The zero-order chi connectivity index (χ0) is 20.7. The molecule has 2 heterocycles. The van der Waals surface area contributed by atoms with Crippen molar-refractivity contribution in [3.8, 4) is 17.1 Å². The first kappa shape index (κ1) is 19.2. The minimum Gasteiger partial charge on any atom is -0.487 e. The Morgan fingerprint density at radius 1 is 1.10 bits per heavy atom. The van der Waals surface area contributed by atoms with E-state index in [9.17, 15) is 4.79 Å². The molecule has 30 heavy (non-hydrogen) atoms. The van der Waals surface area contributed by atoms with Gasteiger partial charge in [0.2, 0.25) is 5.95 Å². The molecule has 6 nitrogen and oxygen atoms in total. The van der Waals surface area contributed by atoms with Gasteiger partial charge < -0.3 is 10.1 Å². The fourth-order valence-corrected chi connectivity index (χ4v) is 3.96. The van der Waals surface area contributed by atoms with Crippen LogP contribution in [0.2, 0.25) is 5.02 Å². The monoisotopic (exact) mass is 440 g/mol. The molecule has 0 saturated heterocycles. The van der Waals surface area contributed by atoms with E-state index in [1.807, 2.05) is 48.5 Å². The summed E-state index contributed by atoms with van der Waals surface area (Å²) in [5.74, 6) is 1.88. The first-order valence-corrected chi connectivity index (χ1v) is 10.5. The van der Waals surface area contributed by atoms with Gasteiger partial charge in [0, 0.05) is 16.1 Å². The van der Waals surface area contributed by atoms with Crippen LogP contribution in [0.25, 0.3) is 11.4 Å². The summed E-state index contributed by atoms with van der Waals surface area (Å²) in [7, 11) is 0. The summed E-state index contributed by atoms with van der Waals surface area (Å²) >= 11 is 12.7. The Balaban J connectivity index is 1.41. The second-order valence-electron chi connectivity index (χ2n) is 7.34. The lowest BCUT2D eigenvalue weighted by Crippen LogP contribution is -2.13. The normalized spacial score (nSPS) is 16.1. The van der Waals surface area contributed by atoms with Gasteiger partial charge in [-0.25, -0.2) is 4.68 Å². The lowest BCUT2D eigenvalue weighted by atomic mass is 10.1. The van der Waals surface area contributed by atoms with Crippen molar-refractivity contribution in [3.63, 3.8) is 0 Å². The number of fused-ring (bicyclic) bond motifs is 1. The molecule has 1 aromatic heterocycles. The van der Waals surface area contributed by atoms with Crippen LogP contribution in [0, 0.1) is 0 Å². The molecule has 0 bridgehead atoms. The van der Waals surface area contributed by atoms with Gasteiger partial charge in [0.15, 0.2) is 11.6 Å². The first-order valence-electron chi connectivity index (χ1n) is 9.70. The van der Waals surface area contributed by atoms with Crippen LogP contribution < -0.4 is 10.1 Å². The molecule has 0 atom stereocenters. The highest BCUT2D eigenvalue weighted by Crippen LogP contribution is 2.47. The van der Waals surface area contributed by atoms with Gasteiger partial charge in [0.25, 0.3) is 0 Å². The van der Waals surface area contributed by atoms with Gasteiger partial charge in [-0.15, -0.1) is 5.10 Å². The molecule has 152 valence electrons. The van der Waals surface area contributed by atoms with E-state index in [1.54, 1.807) is 0 Å². The number of nitrogens with zero attached hydrogens (tertiary/aromatic N) is 3. The smallest absolute Gasteiger partial charge is 0.226 e. The van der Waals surface area contributed by atoms with Crippen molar-refractivity contribution >= 4 is 34.9 Å². The number of ether oxygens (including phenoxy) is 1. The maximum Gasteiger partial charge on any atom is 0.226 e. The second-order valence-corrected chi connectivity index (χ2v) is 8.12. The van der Waals surface area contributed by atoms with Gasteiger partial charge in [-0.1, -0.05) is 59.6 Å². The standard InChI is InChI=1S/C22H18Cl2N4O2/c23-15-7-4-8-18(19(15)13-9-10-13)30-12-16-20(24)17(29)11-28-22(25-16)26-21(27-28)14-5-2-1-3-6-14/h1-8,13H,9-12H2,(H,25,26,27). The van der Waals surface area contributed by atoms with Crippen LogP contribution in [-0.2, 0) is 11.3 Å². The molecule has 2 aromatic carbocycles. The lowest BCUT2D eigenvalue weighted by Gasteiger charge is -2.15. The number of allylic oxidation sites excluding steroid dienone is 1. The molecule has 0 spiro atoms. The molecule has 1 fully saturated rings. The molecular formula is C22H18Cl2N4O2. The number of halogens is 2. The molecule has 1 aliphatic carbocycles. The number of benzene rings is 2. The van der Waals surface area contributed by atoms with Crippen LogP contribution >= 0.6 is 23.2 Å². The molecular weight excluding hydrogens is 423 g/mol. The van der Waals surface area contributed by atoms with E-state index >= 15 is 0 Å². The number of hydrogen-bond donors (Lipinski definition) is 1. The number of anilines is 1. The molecule has 3 aromatic rings. The fourth-order valence-electron chi connectivity index (χ4n) is 3.48. The van der Waals surface area contributed by atoms with Gasteiger partial charge in [-0.2, -0.15) is 4.98 Å². The van der Waals surface area contributed by atoms with E-state index < -0.39 is 0 Å². The number of ketones is 1. The number of Topliss-reactive ketones (excluding diaryl/α,β-unsaturated/α-hetero) is 1. The predicted molar refractivity (Wildman–Crippen MR) is 116 cm³/mol. The van der Waals surface area contributed by atoms with Crippen molar-refractivity contribution in [2.24, 2.45) is 0 Å². The number of aromatic nitrogens is 3. The van der Waals surface area contributed by atoms with Crippen molar-refractivity contribution in [1.82, 2.24) is 14.8 Å². The van der Waals surface area contributed by atoms with E-state index in [2.05, 4.69) is 15.4 Å². The van der Waals surface area contributed by atoms with Crippen LogP contribution in [0.5, 0.6) is 5.75 Å². The van der Waals surface area contributed by atoms with Crippen molar-refractivity contribution in [2.75, 3.05) is 11.9 Å². The van der Waals surface area contributed by atoms with Gasteiger partial charge in [-0.05, 0) is 30.9 Å². The van der Waals surface area contributed by atoms with E-state index in [4.69, 9.17) is 27.9 Å². The minimum absolute atomic E-state index is 0.00892. The average molecular weight is 441 g/mol. The number of nitrogens with one attached hydrogen (secondary N) is 1. The highest BCUT2D eigenvalue weighted by atomic mass is 35.5. The van der Waals surface area contributed by atoms with E-state index in [1.165, 1.54) is 4.68 Å². The average Bonchev–Trinajstić information content (AvgIpc) is 3.53. The number of carbonyl (C=O) groups excluding carboxylic acids is 1. The molecule has 1 N–H and O–H groups in total. The largest absolute Gasteiger partial charge is 0.487 e. The van der Waals surface area contributed by atoms with Gasteiger partial charge >= 0.3 is 0 Å². The topological polar surface area (TPSA) is 69.0 Å². The molecule has 2 aliphatic rings. The third-order valence-corrected chi connectivity index (χ3v) is 5.91. The maximum atomic E-state index is 12.6. The van der Waals surface area contributed by atoms with Crippen LogP contribution in [0.3, 0.4) is 0 Å². The number of rotatable bonds is 5. The highest BCUT2D eigenvalue weighted by molar-refractivity contribution is 6.43. The van der Waals surface area contributed by atoms with Crippen LogP contribution in [0.15, 0.2) is 59.3 Å². The quantitative estimate of drug-likeness (QED) is 0.604. The van der Waals surface area contributed by atoms with Gasteiger partial charge in [0.05, 0.1) is 5.70 Å². The summed E-state index contributed by atoms with van der Waals surface area (Å²) in [6.07, 6.45) is 2.21. The Labute approximate surface area is 183 Å². The van der Waals surface area contributed by atoms with E-state index in [-0.39, 0.29) is 24.0 Å². The molecule has 0 radical (unpaired) electrons. The van der Waals surface area contributed by atoms with Crippen molar-refractivity contribution in [2.45, 2.75) is 25.3 Å². The number of carbonyl (C=O) groups is 1. The van der Waals surface area contributed by atoms with Crippen molar-refractivity contribution in [1.29, 1.82) is 0 Å². The van der Waals surface area contributed by atoms with Crippen molar-refractivity contribution < 1.29 is 9.53 Å². The molecule has 1 aliphatic heterocycles. The number of hydrogen-bond acceptors (Lipinski definition) is 5. The fraction of sp³-hybridized carbons (Fsp3) is 0.227. The van der Waals surface area contributed by atoms with Crippen molar-refractivity contribution in [3.05, 3.63) is 69.8 Å². The third-order valence-electron chi connectivity index (χ3n) is 5.14. The zero-order valence-electron chi connectivity index (χ0n) is 15.9. The Morgan fingerprint density at radius 3 is 2.67 bits per heavy atom. The zero-order valence-corrected chi connectivity index (χ0v) is 17.5. The highest BCUT2D eigenvalue weighted by Gasteiger charge is 2.30. The molecule has 1 saturated carbocycles. The summed E-state index contributed by atoms with van der Waals surface area (Å²) in [5.41, 5.74) is 2.34. The summed E-state index contributed by atoms with van der Waals surface area (Å²) < 4.78 is 7.56. The van der Waals surface area contributed by atoms with E-state index in [0.29, 0.717) is 34.2 Å². The first-order chi connectivity index (χ1) is 14.6. The Morgan fingerprint density at radius 2 is 1.90 bits per heavy atom. The Kier molecular flexibility index (Phi) is 4.97. The Hall–Kier alpha value is -2.83. The minimum atomic E-state index is -0.250. The van der Waals surface area contributed by atoms with Crippen LogP contribution in [0.4, 0.5) is 5.95 Å². The summed E-state index contributed by atoms with van der Waals surface area (Å²) in [5, 5.41) is 8.39. The van der Waals surface area contributed by atoms with Crippen LogP contribution in [0.1, 0.15) is 24.3 Å². The van der Waals surface area contributed by atoms with Gasteiger partial charge in [0.1, 0.15) is 23.9 Å².